The van der Waals surface area contributed by atoms with Gasteiger partial charge in [0.2, 0.25) is 5.91 Å². The van der Waals surface area contributed by atoms with Gasteiger partial charge < -0.3 is 11.1 Å². The van der Waals surface area contributed by atoms with Crippen molar-refractivity contribution in [2.24, 2.45) is 5.73 Å². The molecule has 7 heteroatoms. The average Bonchev–Trinajstić information content (AvgIpc) is 2.83. The second-order valence-electron chi connectivity index (χ2n) is 5.05. The summed E-state index contributed by atoms with van der Waals surface area (Å²) in [6.45, 7) is 3.84. The predicted octanol–water partition coefficient (Wildman–Crippen LogP) is 4.68. The number of halogens is 2. The molecule has 1 aromatic heterocycles. The fourth-order valence-corrected chi connectivity index (χ4v) is 3.75. The Morgan fingerprint density at radius 3 is 2.58 bits per heavy atom. The van der Waals surface area contributed by atoms with Crippen LogP contribution in [0.2, 0.25) is 10.0 Å². The minimum Gasteiger partial charge on any atom is -0.365 e. The standard InChI is InChI=1S/C17H16Cl2N2O2S/c1-3-11-9(2)24-17(15(11)16(20)23)21-14(22)7-5-10-4-6-12(18)13(19)8-10/h4-8H,3H2,1-2H3,(H2,20,23)(H,21,22). The largest absolute Gasteiger partial charge is 0.365 e. The third-order valence-corrected chi connectivity index (χ3v) is 5.22. The molecule has 0 saturated carbocycles. The monoisotopic (exact) mass is 382 g/mol. The molecular formula is C17H16Cl2N2O2S. The molecule has 0 aliphatic heterocycles. The summed E-state index contributed by atoms with van der Waals surface area (Å²) in [5, 5.41) is 4.05. The van der Waals surface area contributed by atoms with Crippen LogP contribution < -0.4 is 11.1 Å². The number of nitrogens with two attached hydrogens (primary N) is 1. The van der Waals surface area contributed by atoms with Crippen molar-refractivity contribution in [2.45, 2.75) is 20.3 Å². The van der Waals surface area contributed by atoms with Gasteiger partial charge in [-0.25, -0.2) is 0 Å². The summed E-state index contributed by atoms with van der Waals surface area (Å²) < 4.78 is 0. The van der Waals surface area contributed by atoms with E-state index in [0.717, 1.165) is 16.0 Å². The summed E-state index contributed by atoms with van der Waals surface area (Å²) in [7, 11) is 0. The second kappa shape index (κ2) is 7.83. The number of amides is 2. The molecule has 0 aliphatic rings. The molecule has 0 radical (unpaired) electrons. The molecule has 0 bridgehead atoms. The van der Waals surface area contributed by atoms with Crippen LogP contribution in [0.4, 0.5) is 5.00 Å². The van der Waals surface area contributed by atoms with E-state index in [1.54, 1.807) is 24.3 Å². The molecule has 0 fully saturated rings. The third-order valence-electron chi connectivity index (χ3n) is 3.42. The lowest BCUT2D eigenvalue weighted by Crippen LogP contribution is -2.16. The van der Waals surface area contributed by atoms with Crippen LogP contribution >= 0.6 is 34.5 Å². The molecule has 1 aromatic carbocycles. The number of carbonyl (C=O) groups is 2. The fourth-order valence-electron chi connectivity index (χ4n) is 2.29. The van der Waals surface area contributed by atoms with Crippen molar-refractivity contribution in [3.8, 4) is 0 Å². The summed E-state index contributed by atoms with van der Waals surface area (Å²) in [4.78, 5) is 24.8. The van der Waals surface area contributed by atoms with Crippen molar-refractivity contribution in [2.75, 3.05) is 5.32 Å². The van der Waals surface area contributed by atoms with E-state index < -0.39 is 5.91 Å². The predicted molar refractivity (Wildman–Crippen MR) is 101 cm³/mol. The van der Waals surface area contributed by atoms with Crippen LogP contribution in [0.25, 0.3) is 6.08 Å². The average molecular weight is 383 g/mol. The van der Waals surface area contributed by atoms with Gasteiger partial charge in [-0.2, -0.15) is 0 Å². The Morgan fingerprint density at radius 1 is 1.29 bits per heavy atom. The molecule has 3 N–H and O–H groups in total. The highest BCUT2D eigenvalue weighted by atomic mass is 35.5. The third kappa shape index (κ3) is 4.17. The zero-order chi connectivity index (χ0) is 17.9. The fraction of sp³-hybridized carbons (Fsp3) is 0.176. The van der Waals surface area contributed by atoms with Crippen molar-refractivity contribution >= 4 is 57.4 Å². The smallest absolute Gasteiger partial charge is 0.251 e. The molecule has 2 rings (SSSR count). The van der Waals surface area contributed by atoms with E-state index in [4.69, 9.17) is 28.9 Å². The van der Waals surface area contributed by atoms with E-state index in [1.807, 2.05) is 13.8 Å². The Morgan fingerprint density at radius 2 is 2.00 bits per heavy atom. The first-order valence-electron chi connectivity index (χ1n) is 7.19. The molecular weight excluding hydrogens is 367 g/mol. The van der Waals surface area contributed by atoms with Gasteiger partial charge in [0.1, 0.15) is 5.00 Å². The first-order valence-corrected chi connectivity index (χ1v) is 8.76. The van der Waals surface area contributed by atoms with Gasteiger partial charge in [0, 0.05) is 11.0 Å². The number of nitrogens with one attached hydrogen (secondary N) is 1. The number of carbonyl (C=O) groups excluding carboxylic acids is 2. The minimum atomic E-state index is -0.542. The number of anilines is 1. The Bertz CT molecular complexity index is 828. The molecule has 0 saturated heterocycles. The minimum absolute atomic E-state index is 0.354. The molecule has 0 unspecified atom stereocenters. The van der Waals surface area contributed by atoms with Crippen molar-refractivity contribution < 1.29 is 9.59 Å². The number of hydrogen-bond acceptors (Lipinski definition) is 3. The molecule has 0 atom stereocenters. The lowest BCUT2D eigenvalue weighted by molar-refractivity contribution is -0.111. The SMILES string of the molecule is CCc1c(C)sc(NC(=O)C=Cc2ccc(Cl)c(Cl)c2)c1C(N)=O. The van der Waals surface area contributed by atoms with Gasteiger partial charge in [-0.15, -0.1) is 11.3 Å². The molecule has 2 aromatic rings. The van der Waals surface area contributed by atoms with Crippen molar-refractivity contribution in [1.29, 1.82) is 0 Å². The zero-order valence-electron chi connectivity index (χ0n) is 13.2. The second-order valence-corrected chi connectivity index (χ2v) is 7.09. The van der Waals surface area contributed by atoms with Crippen LogP contribution in [0.1, 0.15) is 33.3 Å². The number of benzene rings is 1. The highest BCUT2D eigenvalue weighted by Gasteiger charge is 2.19. The molecule has 0 aliphatic carbocycles. The molecule has 4 nitrogen and oxygen atoms in total. The van der Waals surface area contributed by atoms with E-state index in [0.29, 0.717) is 27.0 Å². The molecule has 2 amide bonds. The van der Waals surface area contributed by atoms with Gasteiger partial charge >= 0.3 is 0 Å². The molecule has 0 spiro atoms. The van der Waals surface area contributed by atoms with Crippen LogP contribution in [0.15, 0.2) is 24.3 Å². The topological polar surface area (TPSA) is 72.2 Å². The summed E-state index contributed by atoms with van der Waals surface area (Å²) in [5.41, 5.74) is 7.45. The van der Waals surface area contributed by atoms with Crippen LogP contribution in [0.3, 0.4) is 0 Å². The van der Waals surface area contributed by atoms with Crippen molar-refractivity contribution in [3.05, 3.63) is 55.9 Å². The van der Waals surface area contributed by atoms with E-state index in [2.05, 4.69) is 5.32 Å². The number of primary amides is 1. The van der Waals surface area contributed by atoms with Crippen LogP contribution in [0, 0.1) is 6.92 Å². The Hall–Kier alpha value is -1.82. The van der Waals surface area contributed by atoms with E-state index in [-0.39, 0.29) is 5.91 Å². The van der Waals surface area contributed by atoms with Crippen LogP contribution in [-0.2, 0) is 11.2 Å². The Balaban J connectivity index is 2.19. The van der Waals surface area contributed by atoms with Crippen LogP contribution in [0.5, 0.6) is 0 Å². The lowest BCUT2D eigenvalue weighted by atomic mass is 10.1. The maximum absolute atomic E-state index is 12.1. The first kappa shape index (κ1) is 18.5. The summed E-state index contributed by atoms with van der Waals surface area (Å²) >= 11 is 13.1. The van der Waals surface area contributed by atoms with E-state index >= 15 is 0 Å². The highest BCUT2D eigenvalue weighted by Crippen LogP contribution is 2.33. The Kier molecular flexibility index (Phi) is 6.04. The normalized spacial score (nSPS) is 11.0. The summed E-state index contributed by atoms with van der Waals surface area (Å²) in [5.74, 6) is -0.896. The summed E-state index contributed by atoms with van der Waals surface area (Å²) in [6.07, 6.45) is 3.66. The zero-order valence-corrected chi connectivity index (χ0v) is 15.5. The molecule has 1 heterocycles. The molecule has 126 valence electrons. The van der Waals surface area contributed by atoms with Crippen LogP contribution in [-0.4, -0.2) is 11.8 Å². The maximum atomic E-state index is 12.1. The lowest BCUT2D eigenvalue weighted by Gasteiger charge is -2.03. The van der Waals surface area contributed by atoms with Gasteiger partial charge in [0.15, 0.2) is 0 Å². The van der Waals surface area contributed by atoms with Crippen molar-refractivity contribution in [3.63, 3.8) is 0 Å². The van der Waals surface area contributed by atoms with Gasteiger partial charge in [-0.3, -0.25) is 9.59 Å². The highest BCUT2D eigenvalue weighted by molar-refractivity contribution is 7.16. The molecule has 24 heavy (non-hydrogen) atoms. The Labute approximate surface area is 154 Å². The van der Waals surface area contributed by atoms with Gasteiger partial charge in [-0.1, -0.05) is 36.2 Å². The quantitative estimate of drug-likeness (QED) is 0.736. The number of thiophene rings is 1. The van der Waals surface area contributed by atoms with Gasteiger partial charge in [-0.05, 0) is 42.7 Å². The number of aryl methyl sites for hydroxylation is 1. The van der Waals surface area contributed by atoms with Crippen molar-refractivity contribution in [1.82, 2.24) is 0 Å². The summed E-state index contributed by atoms with van der Waals surface area (Å²) in [6, 6.07) is 5.06. The number of hydrogen-bond donors (Lipinski definition) is 2. The first-order chi connectivity index (χ1) is 11.3. The van der Waals surface area contributed by atoms with Gasteiger partial charge in [0.05, 0.1) is 15.6 Å². The maximum Gasteiger partial charge on any atom is 0.251 e. The van der Waals surface area contributed by atoms with Gasteiger partial charge in [0.25, 0.3) is 5.91 Å². The number of rotatable bonds is 5. The van der Waals surface area contributed by atoms with E-state index in [9.17, 15) is 9.59 Å². The van der Waals surface area contributed by atoms with E-state index in [1.165, 1.54) is 17.4 Å².